The Hall–Kier alpha value is -0.650. The average molecular weight is 808 g/mol. The van der Waals surface area contributed by atoms with Gasteiger partial charge in [-0.05, 0) is 12.8 Å². The molecule has 4 N–H and O–H groups in total. The van der Waals surface area contributed by atoms with Crippen LogP contribution in [-0.4, -0.2) is 46.1 Å². The number of unbranched alkanes of at least 4 members (excludes halogenated alkanes) is 41. The predicted octanol–water partition coefficient (Wildman–Crippen LogP) is 15.8. The molecule has 0 radical (unpaired) electrons. The van der Waals surface area contributed by atoms with Crippen molar-refractivity contribution in [3.8, 4) is 0 Å². The molecule has 0 heterocycles. The molecule has 0 aliphatic rings. The van der Waals surface area contributed by atoms with E-state index in [0.29, 0.717) is 12.8 Å². The molecule has 0 rings (SSSR count). The number of amides is 1. The van der Waals surface area contributed by atoms with Gasteiger partial charge in [0.05, 0.1) is 18.8 Å². The molecular weight excluding hydrogens is 703 g/mol. The minimum Gasteiger partial charge on any atom is -0.394 e. The Morgan fingerprint density at radius 2 is 0.596 bits per heavy atom. The van der Waals surface area contributed by atoms with Gasteiger partial charge in [-0.3, -0.25) is 4.79 Å². The second-order valence-electron chi connectivity index (χ2n) is 18.4. The summed E-state index contributed by atoms with van der Waals surface area (Å²) < 4.78 is 0. The molecule has 342 valence electrons. The predicted molar refractivity (Wildman–Crippen MR) is 250 cm³/mol. The van der Waals surface area contributed by atoms with Crippen LogP contribution in [0.2, 0.25) is 0 Å². The lowest BCUT2D eigenvalue weighted by Crippen LogP contribution is -2.50. The first-order valence-corrected chi connectivity index (χ1v) is 26.3. The van der Waals surface area contributed by atoms with Crippen molar-refractivity contribution in [2.45, 2.75) is 321 Å². The number of aliphatic hydroxyl groups excluding tert-OH is 3. The molecule has 3 atom stereocenters. The third-order valence-electron chi connectivity index (χ3n) is 12.7. The van der Waals surface area contributed by atoms with Crippen LogP contribution in [-0.2, 0) is 4.79 Å². The summed E-state index contributed by atoms with van der Waals surface area (Å²) in [7, 11) is 0. The first kappa shape index (κ1) is 56.4. The Morgan fingerprint density at radius 3 is 0.842 bits per heavy atom. The molecule has 0 aliphatic heterocycles. The van der Waals surface area contributed by atoms with Gasteiger partial charge in [0.25, 0.3) is 0 Å². The Morgan fingerprint density at radius 1 is 0.368 bits per heavy atom. The fourth-order valence-electron chi connectivity index (χ4n) is 8.64. The normalized spacial score (nSPS) is 13.3. The molecule has 0 aromatic rings. The molecule has 57 heavy (non-hydrogen) atoms. The molecule has 5 nitrogen and oxygen atoms in total. The van der Waals surface area contributed by atoms with Crippen LogP contribution in [0.5, 0.6) is 0 Å². The van der Waals surface area contributed by atoms with E-state index in [1.807, 2.05) is 0 Å². The third-order valence-corrected chi connectivity index (χ3v) is 12.7. The number of carbonyl (C=O) groups excluding carboxylic acids is 1. The number of nitrogens with one attached hydrogen (secondary N) is 1. The zero-order chi connectivity index (χ0) is 41.5. The van der Waals surface area contributed by atoms with Crippen LogP contribution >= 0.6 is 0 Å². The smallest absolute Gasteiger partial charge is 0.220 e. The van der Waals surface area contributed by atoms with Gasteiger partial charge < -0.3 is 20.6 Å². The van der Waals surface area contributed by atoms with E-state index >= 15 is 0 Å². The number of aliphatic hydroxyl groups is 3. The van der Waals surface area contributed by atoms with Crippen LogP contribution in [0.1, 0.15) is 303 Å². The molecule has 3 unspecified atom stereocenters. The fraction of sp³-hybridized carbons (Fsp3) is 0.981. The molecule has 0 spiro atoms. The summed E-state index contributed by atoms with van der Waals surface area (Å²) in [6.45, 7) is 4.21. The van der Waals surface area contributed by atoms with Gasteiger partial charge in [0.15, 0.2) is 0 Å². The van der Waals surface area contributed by atoms with E-state index < -0.39 is 18.2 Å². The van der Waals surface area contributed by atoms with E-state index in [1.54, 1.807) is 0 Å². The largest absolute Gasteiger partial charge is 0.394 e. The highest BCUT2D eigenvalue weighted by molar-refractivity contribution is 5.76. The van der Waals surface area contributed by atoms with Gasteiger partial charge in [0, 0.05) is 6.42 Å². The second-order valence-corrected chi connectivity index (χ2v) is 18.4. The van der Waals surface area contributed by atoms with Crippen molar-refractivity contribution in [3.63, 3.8) is 0 Å². The summed E-state index contributed by atoms with van der Waals surface area (Å²) in [4.78, 5) is 12.5. The Labute approximate surface area is 357 Å². The van der Waals surface area contributed by atoms with Crippen molar-refractivity contribution in [1.29, 1.82) is 0 Å². The lowest BCUT2D eigenvalue weighted by Gasteiger charge is -2.26. The van der Waals surface area contributed by atoms with E-state index in [9.17, 15) is 20.1 Å². The van der Waals surface area contributed by atoms with E-state index in [-0.39, 0.29) is 12.5 Å². The van der Waals surface area contributed by atoms with Gasteiger partial charge in [-0.15, -0.1) is 0 Å². The minimum absolute atomic E-state index is 0.138. The van der Waals surface area contributed by atoms with Crippen molar-refractivity contribution in [2.75, 3.05) is 6.61 Å². The Kier molecular flexibility index (Phi) is 47.5. The molecule has 1 amide bonds. The standard InChI is InChI=1S/C52H105NO4/c1-3-5-7-9-11-13-15-17-18-19-20-21-22-23-24-25-26-27-28-29-30-31-32-33-35-37-39-41-43-45-47-51(56)53-49(48-54)52(57)50(55)46-44-42-40-38-36-34-16-14-12-10-8-6-4-2/h49-50,52,54-55,57H,3-48H2,1-2H3,(H,53,56). The fourth-order valence-corrected chi connectivity index (χ4v) is 8.64. The van der Waals surface area contributed by atoms with Crippen molar-refractivity contribution >= 4 is 5.91 Å². The number of hydrogen-bond acceptors (Lipinski definition) is 4. The molecule has 0 fully saturated rings. The maximum Gasteiger partial charge on any atom is 0.220 e. The molecule has 0 aliphatic carbocycles. The van der Waals surface area contributed by atoms with Gasteiger partial charge in [-0.2, -0.15) is 0 Å². The van der Waals surface area contributed by atoms with Crippen molar-refractivity contribution < 1.29 is 20.1 Å². The van der Waals surface area contributed by atoms with Crippen molar-refractivity contribution in [1.82, 2.24) is 5.32 Å². The summed E-state index contributed by atoms with van der Waals surface area (Å²) >= 11 is 0. The van der Waals surface area contributed by atoms with Crippen LogP contribution in [0.15, 0.2) is 0 Å². The van der Waals surface area contributed by atoms with Gasteiger partial charge in [-0.1, -0.05) is 284 Å². The lowest BCUT2D eigenvalue weighted by atomic mass is 9.99. The molecular formula is C52H105NO4. The first-order valence-electron chi connectivity index (χ1n) is 26.3. The van der Waals surface area contributed by atoms with E-state index in [1.165, 1.54) is 244 Å². The molecule has 0 saturated heterocycles. The average Bonchev–Trinajstić information content (AvgIpc) is 3.22. The number of hydrogen-bond donors (Lipinski definition) is 4. The lowest BCUT2D eigenvalue weighted by molar-refractivity contribution is -0.124. The first-order chi connectivity index (χ1) is 28.1. The highest BCUT2D eigenvalue weighted by Crippen LogP contribution is 2.18. The summed E-state index contributed by atoms with van der Waals surface area (Å²) in [5, 5.41) is 33.6. The molecule has 0 aromatic heterocycles. The van der Waals surface area contributed by atoms with Gasteiger partial charge in [0.1, 0.15) is 6.10 Å². The summed E-state index contributed by atoms with van der Waals surface area (Å²) in [5.41, 5.74) is 0. The summed E-state index contributed by atoms with van der Waals surface area (Å²) in [5.74, 6) is -0.138. The third kappa shape index (κ3) is 43.3. The zero-order valence-corrected chi connectivity index (χ0v) is 39.0. The SMILES string of the molecule is CCCCCCCCCCCCCCCCCCCCCCCCCCCCCCCCC(=O)NC(CO)C(O)C(O)CCCCCCCCCCCCCCC. The van der Waals surface area contributed by atoms with Crippen LogP contribution < -0.4 is 5.32 Å². The van der Waals surface area contributed by atoms with Crippen molar-refractivity contribution in [2.24, 2.45) is 0 Å². The topological polar surface area (TPSA) is 89.8 Å². The zero-order valence-electron chi connectivity index (χ0n) is 39.0. The van der Waals surface area contributed by atoms with Gasteiger partial charge in [-0.25, -0.2) is 0 Å². The highest BCUT2D eigenvalue weighted by atomic mass is 16.3. The summed E-state index contributed by atoms with van der Waals surface area (Å²) in [6.07, 6.45) is 56.8. The molecule has 0 aromatic carbocycles. The van der Waals surface area contributed by atoms with Crippen LogP contribution in [0, 0.1) is 0 Å². The van der Waals surface area contributed by atoms with Crippen molar-refractivity contribution in [3.05, 3.63) is 0 Å². The quantitative estimate of drug-likeness (QED) is 0.0461. The number of rotatable bonds is 49. The monoisotopic (exact) mass is 808 g/mol. The second kappa shape index (κ2) is 48.0. The van der Waals surface area contributed by atoms with Gasteiger partial charge in [0.2, 0.25) is 5.91 Å². The highest BCUT2D eigenvalue weighted by Gasteiger charge is 2.26. The maximum absolute atomic E-state index is 12.5. The van der Waals surface area contributed by atoms with E-state index in [4.69, 9.17) is 0 Å². The van der Waals surface area contributed by atoms with E-state index in [0.717, 1.165) is 32.1 Å². The van der Waals surface area contributed by atoms with Crippen LogP contribution in [0.4, 0.5) is 0 Å². The molecule has 0 bridgehead atoms. The Bertz CT molecular complexity index is 762. The molecule has 5 heteroatoms. The van der Waals surface area contributed by atoms with E-state index in [2.05, 4.69) is 19.2 Å². The summed E-state index contributed by atoms with van der Waals surface area (Å²) in [6, 6.07) is -0.803. The van der Waals surface area contributed by atoms with Crippen LogP contribution in [0.25, 0.3) is 0 Å². The van der Waals surface area contributed by atoms with Gasteiger partial charge >= 0.3 is 0 Å². The minimum atomic E-state index is -1.13. The maximum atomic E-state index is 12.5. The molecule has 0 saturated carbocycles. The Balaban J connectivity index is 3.45. The van der Waals surface area contributed by atoms with Crippen LogP contribution in [0.3, 0.4) is 0 Å². The number of carbonyl (C=O) groups is 1.